The molecule has 0 aliphatic carbocycles. The summed E-state index contributed by atoms with van der Waals surface area (Å²) >= 11 is 0. The maximum absolute atomic E-state index is 11.9. The molecule has 0 unspecified atom stereocenters. The van der Waals surface area contributed by atoms with E-state index in [0.29, 0.717) is 0 Å². The molecule has 0 saturated carbocycles. The first-order chi connectivity index (χ1) is 16.5. The smallest absolute Gasteiger partial charge is 0.493 e. The Balaban J connectivity index is 0.00000432. The van der Waals surface area contributed by atoms with Crippen LogP contribution in [0.5, 0.6) is 0 Å². The van der Waals surface area contributed by atoms with Gasteiger partial charge in [0, 0.05) is 22.3 Å². The number of hydrogen-bond donors (Lipinski definition) is 0. The number of hydrogen-bond acceptors (Lipinski definition) is 0. The first-order valence-corrected chi connectivity index (χ1v) is 13.7. The first-order valence-electron chi connectivity index (χ1n) is 13.7. The Morgan fingerprint density at radius 1 is 0.541 bits per heavy atom. The third kappa shape index (κ3) is 8.08. The molecule has 0 fully saturated rings. The van der Waals surface area contributed by atoms with Crippen LogP contribution in [0, 0.1) is 14.9 Å². The molecule has 0 radical (unpaired) electrons. The van der Waals surface area contributed by atoms with Crippen molar-refractivity contribution in [3.05, 3.63) is 101 Å². The van der Waals surface area contributed by atoms with Gasteiger partial charge in [-0.1, -0.05) is 66.5 Å². The van der Waals surface area contributed by atoms with E-state index in [0.717, 1.165) is 86.7 Å². The van der Waals surface area contributed by atoms with Crippen LogP contribution in [-0.2, 0) is 46.1 Å². The summed E-state index contributed by atoms with van der Waals surface area (Å²) in [5.74, 6) is 0. The Morgan fingerprint density at radius 3 is 1.08 bits per heavy atom. The quantitative estimate of drug-likeness (QED) is 0.133. The van der Waals surface area contributed by atoms with E-state index < -0.39 is 0 Å². The zero-order valence-electron chi connectivity index (χ0n) is 24.7. The molecule has 2 aromatic carbocycles. The number of benzene rings is 2. The zero-order valence-corrected chi connectivity index (χ0v) is 26.3. The van der Waals surface area contributed by atoms with Crippen LogP contribution < -0.4 is 0 Å². The molecule has 0 saturated heterocycles. The maximum Gasteiger partial charge on any atom is 2.00 e. The van der Waals surface area contributed by atoms with Gasteiger partial charge < -0.3 is 20.4 Å². The Bertz CT molecular complexity index is 961. The number of rotatable bonds is 12. The normalized spacial score (nSPS) is 12.9. The van der Waals surface area contributed by atoms with Gasteiger partial charge in [-0.25, -0.2) is 4.70 Å². The summed E-state index contributed by atoms with van der Waals surface area (Å²) in [7, 11) is 0. The fourth-order valence-electron chi connectivity index (χ4n) is 5.11. The molecule has 1 aliphatic heterocycles. The van der Waals surface area contributed by atoms with Gasteiger partial charge in [0.05, 0.1) is 0 Å². The third-order valence-corrected chi connectivity index (χ3v) is 7.21. The molecule has 1 heterocycles. The topological polar surface area (TPSA) is 25.3 Å². The van der Waals surface area contributed by atoms with Gasteiger partial charge in [0.2, 0.25) is 11.4 Å². The summed E-state index contributed by atoms with van der Waals surface area (Å²) in [6.07, 6.45) is 10.6. The average molecular weight is 593 g/mol. The molecule has 0 spiro atoms. The fraction of sp³-hybridized carbons (Fsp3) is 0.471. The summed E-state index contributed by atoms with van der Waals surface area (Å²) in [5, 5.41) is 0. The van der Waals surface area contributed by atoms with E-state index in [2.05, 4.69) is 77.9 Å². The van der Waals surface area contributed by atoms with Crippen LogP contribution in [-0.4, -0.2) is 4.70 Å². The first kappa shape index (κ1) is 35.2. The van der Waals surface area contributed by atoms with E-state index in [9.17, 15) is 5.53 Å². The van der Waals surface area contributed by atoms with Crippen LogP contribution in [0.15, 0.2) is 47.5 Å². The van der Waals surface area contributed by atoms with Crippen molar-refractivity contribution in [1.82, 2.24) is 0 Å². The molecule has 37 heavy (non-hydrogen) atoms. The predicted molar refractivity (Wildman–Crippen MR) is 160 cm³/mol. The van der Waals surface area contributed by atoms with Crippen LogP contribution >= 0.6 is 0 Å². The molecule has 0 aromatic heterocycles. The van der Waals surface area contributed by atoms with Crippen molar-refractivity contribution >= 4 is 11.4 Å². The van der Waals surface area contributed by atoms with Crippen LogP contribution in [0.3, 0.4) is 0 Å². The summed E-state index contributed by atoms with van der Waals surface area (Å²) < 4.78 is 1.55. The van der Waals surface area contributed by atoms with Crippen LogP contribution in [0.1, 0.15) is 113 Å². The Hall–Kier alpha value is -1.82. The Morgan fingerprint density at radius 2 is 0.838 bits per heavy atom. The minimum atomic E-state index is 0. The second-order valence-corrected chi connectivity index (χ2v) is 9.66. The average Bonchev–Trinajstić information content (AvgIpc) is 3.15. The molecule has 0 atom stereocenters. The van der Waals surface area contributed by atoms with Gasteiger partial charge in [-0.2, -0.15) is 0 Å². The van der Waals surface area contributed by atoms with Gasteiger partial charge in [0.25, 0.3) is 0 Å². The van der Waals surface area contributed by atoms with Crippen LogP contribution in [0.4, 0.5) is 0 Å². The second-order valence-electron chi connectivity index (χ2n) is 9.66. The molecule has 1 aliphatic rings. The molecule has 0 N–H and O–H groups in total. The third-order valence-electron chi connectivity index (χ3n) is 7.21. The Labute approximate surface area is 242 Å². The fourth-order valence-corrected chi connectivity index (χ4v) is 5.11. The van der Waals surface area contributed by atoms with E-state index in [1.165, 1.54) is 33.4 Å². The van der Waals surface area contributed by atoms with Crippen molar-refractivity contribution < 1.29 is 25.1 Å². The van der Waals surface area contributed by atoms with E-state index in [-0.39, 0.29) is 35.3 Å². The maximum atomic E-state index is 11.9. The Kier molecular flexibility index (Phi) is 16.1. The molecule has 206 valence electrons. The summed E-state index contributed by atoms with van der Waals surface area (Å²) in [6, 6.07) is 13.8. The zero-order chi connectivity index (χ0) is 24.7. The summed E-state index contributed by atoms with van der Waals surface area (Å²) in [4.78, 5) is 0. The van der Waals surface area contributed by atoms with Gasteiger partial charge in [0.1, 0.15) is 0 Å². The number of allylic oxidation sites excluding steroid dienone is 2. The molecular formula is C34H50N2Pd. The van der Waals surface area contributed by atoms with Crippen molar-refractivity contribution in [2.75, 3.05) is 0 Å². The minimum absolute atomic E-state index is 0. The summed E-state index contributed by atoms with van der Waals surface area (Å²) in [6.45, 7) is 13.4. The summed E-state index contributed by atoms with van der Waals surface area (Å²) in [5.41, 5.74) is 24.3. The largest absolute Gasteiger partial charge is 2.00 e. The molecule has 0 bridgehead atoms. The SMILES string of the molecule is CCCCC1=C(c2cc(CC)cc(CC)c2)[N+](=[N-])C(c2cc(CC)cc(CC)c2)=C1CCCC.[CH3-].[CH3-].[Pd+2]. The van der Waals surface area contributed by atoms with Crippen molar-refractivity contribution in [2.45, 2.75) is 106 Å². The van der Waals surface area contributed by atoms with Gasteiger partial charge in [-0.3, -0.25) is 0 Å². The van der Waals surface area contributed by atoms with Gasteiger partial charge in [0.15, 0.2) is 0 Å². The van der Waals surface area contributed by atoms with Gasteiger partial charge in [-0.05, 0) is 97.9 Å². The van der Waals surface area contributed by atoms with Crippen LogP contribution in [0.2, 0.25) is 0 Å². The van der Waals surface area contributed by atoms with Gasteiger partial charge >= 0.3 is 20.4 Å². The van der Waals surface area contributed by atoms with Crippen LogP contribution in [0.25, 0.3) is 16.9 Å². The van der Waals surface area contributed by atoms with Gasteiger partial charge in [-0.15, -0.1) is 0 Å². The van der Waals surface area contributed by atoms with E-state index in [4.69, 9.17) is 0 Å². The van der Waals surface area contributed by atoms with Crippen molar-refractivity contribution in [3.8, 4) is 0 Å². The molecule has 2 nitrogen and oxygen atoms in total. The predicted octanol–water partition coefficient (Wildman–Crippen LogP) is 10.4. The molecular weight excluding hydrogens is 543 g/mol. The van der Waals surface area contributed by atoms with Crippen molar-refractivity contribution in [2.24, 2.45) is 0 Å². The van der Waals surface area contributed by atoms with Crippen molar-refractivity contribution in [1.29, 1.82) is 0 Å². The minimum Gasteiger partial charge on any atom is -0.493 e. The monoisotopic (exact) mass is 592 g/mol. The molecule has 2 aromatic rings. The number of aryl methyl sites for hydroxylation is 4. The molecule has 3 heteroatoms. The molecule has 3 rings (SSSR count). The number of unbranched alkanes of at least 4 members (excludes halogenated alkanes) is 2. The van der Waals surface area contributed by atoms with E-state index in [1.807, 2.05) is 0 Å². The van der Waals surface area contributed by atoms with E-state index >= 15 is 0 Å². The van der Waals surface area contributed by atoms with Crippen molar-refractivity contribution in [3.63, 3.8) is 0 Å². The standard InChI is InChI=1S/C32H44N2.2CH3.Pd/c1-7-13-15-29-30(16-14-8-2)32(28-21-25(11-5)18-26(12-6)22-28)34(33)31(29)27-19-23(9-3)17-24(10-4)20-27;;;/h17-22H,7-16H2,1-6H3;2*1H3;/q;2*-1;+2. The molecule has 0 amide bonds. The van der Waals surface area contributed by atoms with E-state index in [1.54, 1.807) is 4.70 Å². The number of nitrogens with zero attached hydrogens (tertiary/aromatic N) is 2. The second kappa shape index (κ2) is 16.9.